The van der Waals surface area contributed by atoms with E-state index in [2.05, 4.69) is 39.7 Å². The minimum Gasteiger partial charge on any atom is -0.390 e. The first kappa shape index (κ1) is 24.3. The van der Waals surface area contributed by atoms with Crippen LogP contribution in [0.5, 0.6) is 0 Å². The van der Waals surface area contributed by atoms with Crippen molar-refractivity contribution in [3.63, 3.8) is 0 Å². The van der Waals surface area contributed by atoms with E-state index < -0.39 is 0 Å². The Bertz CT molecular complexity index is 1230. The van der Waals surface area contributed by atoms with Gasteiger partial charge in [-0.15, -0.1) is 5.10 Å². The van der Waals surface area contributed by atoms with Crippen LogP contribution < -0.4 is 10.6 Å². The molecule has 0 atom stereocenters. The maximum atomic E-state index is 11.5. The molecule has 0 unspecified atom stereocenters. The van der Waals surface area contributed by atoms with E-state index in [-0.39, 0.29) is 5.91 Å². The number of amides is 1. The second kappa shape index (κ2) is 11.0. The van der Waals surface area contributed by atoms with Gasteiger partial charge in [0.1, 0.15) is 5.82 Å². The van der Waals surface area contributed by atoms with Gasteiger partial charge in [-0.3, -0.25) is 9.78 Å². The number of allylic oxidation sites excluding steroid dienone is 1. The predicted molar refractivity (Wildman–Crippen MR) is 139 cm³/mol. The normalized spacial score (nSPS) is 14.9. The van der Waals surface area contributed by atoms with Crippen LogP contribution >= 0.6 is 0 Å². The number of rotatable bonds is 8. The van der Waals surface area contributed by atoms with Crippen LogP contribution in [-0.2, 0) is 4.79 Å². The lowest BCUT2D eigenvalue weighted by Crippen LogP contribution is -2.39. The number of likely N-dealkylation sites (tertiary alicyclic amines) is 1. The summed E-state index contributed by atoms with van der Waals surface area (Å²) in [5, 5.41) is 22.7. The summed E-state index contributed by atoms with van der Waals surface area (Å²) in [5.74, 6) is 2.31. The molecule has 9 nitrogen and oxygen atoms in total. The molecule has 1 saturated heterocycles. The second-order valence-electron chi connectivity index (χ2n) is 9.21. The molecule has 0 saturated carbocycles. The molecule has 0 radical (unpaired) electrons. The Kier molecular flexibility index (Phi) is 7.64. The molecule has 9 heteroatoms. The summed E-state index contributed by atoms with van der Waals surface area (Å²) < 4.78 is 0. The van der Waals surface area contributed by atoms with Crippen LogP contribution in [0.3, 0.4) is 0 Å². The fraction of sp³-hybridized carbons (Fsp3) is 0.385. The van der Waals surface area contributed by atoms with Gasteiger partial charge in [-0.2, -0.15) is 5.10 Å². The topological polar surface area (TPSA) is 120 Å². The molecule has 182 valence electrons. The molecule has 3 aromatic heterocycles. The Labute approximate surface area is 205 Å². The number of nitrogens with one attached hydrogen (secondary N) is 3. The highest BCUT2D eigenvalue weighted by molar-refractivity contribution is 6.08. The maximum absolute atomic E-state index is 11.5. The lowest BCUT2D eigenvalue weighted by atomic mass is 9.97. The zero-order valence-electron chi connectivity index (χ0n) is 20.5. The van der Waals surface area contributed by atoms with Crippen molar-refractivity contribution >= 4 is 40.4 Å². The van der Waals surface area contributed by atoms with E-state index in [9.17, 15) is 4.79 Å². The van der Waals surface area contributed by atoms with Gasteiger partial charge < -0.3 is 20.9 Å². The van der Waals surface area contributed by atoms with Crippen molar-refractivity contribution in [2.45, 2.75) is 39.5 Å². The monoisotopic (exact) mass is 472 g/mol. The highest BCUT2D eigenvalue weighted by Gasteiger charge is 2.20. The molecular weight excluding hydrogens is 440 g/mol. The van der Waals surface area contributed by atoms with Gasteiger partial charge in [0.05, 0.1) is 17.2 Å². The van der Waals surface area contributed by atoms with Crippen molar-refractivity contribution in [1.29, 1.82) is 5.41 Å². The van der Waals surface area contributed by atoms with Gasteiger partial charge in [0, 0.05) is 56.3 Å². The largest absolute Gasteiger partial charge is 0.390 e. The third-order valence-corrected chi connectivity index (χ3v) is 6.35. The summed E-state index contributed by atoms with van der Waals surface area (Å²) in [6.07, 6.45) is 8.70. The minimum absolute atomic E-state index is 0.148. The van der Waals surface area contributed by atoms with E-state index in [1.54, 1.807) is 19.3 Å². The van der Waals surface area contributed by atoms with E-state index >= 15 is 0 Å². The highest BCUT2D eigenvalue weighted by atomic mass is 16.2. The first-order valence-electron chi connectivity index (χ1n) is 12.0. The number of fused-ring (bicyclic) bond motifs is 1. The molecule has 4 heterocycles. The Hall–Kier alpha value is -3.88. The average molecular weight is 473 g/mol. The maximum Gasteiger partial charge on any atom is 0.219 e. The van der Waals surface area contributed by atoms with Gasteiger partial charge in [-0.05, 0) is 54.5 Å². The van der Waals surface area contributed by atoms with Gasteiger partial charge in [-0.25, -0.2) is 4.98 Å². The average Bonchev–Trinajstić information content (AvgIpc) is 2.86. The number of aromatic nitrogens is 4. The van der Waals surface area contributed by atoms with Crippen LogP contribution in [0.2, 0.25) is 0 Å². The van der Waals surface area contributed by atoms with Gasteiger partial charge in [0.15, 0.2) is 5.82 Å². The predicted octanol–water partition coefficient (Wildman–Crippen LogP) is 4.13. The second-order valence-corrected chi connectivity index (χ2v) is 9.21. The van der Waals surface area contributed by atoms with E-state index in [1.165, 1.54) is 6.21 Å². The van der Waals surface area contributed by atoms with Crippen LogP contribution in [0.1, 0.15) is 50.7 Å². The van der Waals surface area contributed by atoms with E-state index in [0.29, 0.717) is 23.5 Å². The van der Waals surface area contributed by atoms with Gasteiger partial charge in [0.25, 0.3) is 0 Å². The number of nitrogens with zero attached hydrogens (tertiary/aromatic N) is 5. The van der Waals surface area contributed by atoms with Crippen LogP contribution in [0.15, 0.2) is 42.9 Å². The van der Waals surface area contributed by atoms with Gasteiger partial charge in [-0.1, -0.05) is 13.8 Å². The van der Waals surface area contributed by atoms with Crippen molar-refractivity contribution in [2.75, 3.05) is 25.0 Å². The fourth-order valence-electron chi connectivity index (χ4n) is 4.12. The first-order chi connectivity index (χ1) is 16.9. The molecule has 0 aliphatic carbocycles. The van der Waals surface area contributed by atoms with Gasteiger partial charge in [0.2, 0.25) is 5.91 Å². The number of piperidine rings is 1. The van der Waals surface area contributed by atoms with Crippen molar-refractivity contribution in [2.24, 2.45) is 5.92 Å². The molecule has 3 aromatic rings. The molecule has 3 N–H and O–H groups in total. The summed E-state index contributed by atoms with van der Waals surface area (Å²) in [5.41, 5.74) is 4.15. The van der Waals surface area contributed by atoms with E-state index in [4.69, 9.17) is 10.4 Å². The highest BCUT2D eigenvalue weighted by Crippen LogP contribution is 2.22. The van der Waals surface area contributed by atoms with Crippen LogP contribution in [0, 0.1) is 11.3 Å². The number of hydrogen-bond donors (Lipinski definition) is 3. The molecular formula is C26H32N8O. The molecule has 35 heavy (non-hydrogen) atoms. The van der Waals surface area contributed by atoms with Crippen molar-refractivity contribution in [1.82, 2.24) is 30.4 Å². The number of carbonyl (C=O) groups excluding carboxylic acids is 1. The molecule has 4 rings (SSSR count). The lowest BCUT2D eigenvalue weighted by Gasteiger charge is -2.31. The number of carbonyl (C=O) groups is 1. The SMILES string of the molecule is CC(=O)N1CCC(CN/C=C(\C=N)c2cnc3ccc(Nc4cc(C(C)C)cnn4)nc3c2)CC1. The first-order valence-corrected chi connectivity index (χ1v) is 12.0. The smallest absolute Gasteiger partial charge is 0.219 e. The van der Waals surface area contributed by atoms with Crippen molar-refractivity contribution < 1.29 is 4.79 Å². The van der Waals surface area contributed by atoms with Crippen molar-refractivity contribution in [3.8, 4) is 0 Å². The van der Waals surface area contributed by atoms with E-state index in [1.807, 2.05) is 35.4 Å². The quantitative estimate of drug-likeness (QED) is 0.422. The molecule has 1 aliphatic rings. The Morgan fingerprint density at radius 3 is 2.69 bits per heavy atom. The molecule has 0 bridgehead atoms. The Morgan fingerprint density at radius 2 is 1.97 bits per heavy atom. The minimum atomic E-state index is 0.148. The third-order valence-electron chi connectivity index (χ3n) is 6.35. The standard InChI is InChI=1S/C26H32N8O/c1-17(2)20-11-26(33-30-16-20)32-25-5-4-23-24(31-25)10-21(15-29-23)22(12-27)14-28-13-19-6-8-34(9-7-19)18(3)35/h4-5,10-12,14-17,19,27-28H,6-9,13H2,1-3H3,(H,31,32,33)/b22-14+,27-12?. The molecule has 1 aliphatic heterocycles. The zero-order valence-corrected chi connectivity index (χ0v) is 20.5. The fourth-order valence-corrected chi connectivity index (χ4v) is 4.12. The number of pyridine rings is 2. The van der Waals surface area contributed by atoms with Gasteiger partial charge >= 0.3 is 0 Å². The summed E-state index contributed by atoms with van der Waals surface area (Å²) in [6.45, 7) is 8.29. The summed E-state index contributed by atoms with van der Waals surface area (Å²) in [6, 6.07) is 7.69. The summed E-state index contributed by atoms with van der Waals surface area (Å²) in [4.78, 5) is 22.6. The third kappa shape index (κ3) is 6.17. The van der Waals surface area contributed by atoms with Crippen LogP contribution in [0.25, 0.3) is 16.6 Å². The van der Waals surface area contributed by atoms with Crippen molar-refractivity contribution in [3.05, 3.63) is 54.0 Å². The summed E-state index contributed by atoms with van der Waals surface area (Å²) in [7, 11) is 0. The Balaban J connectivity index is 1.45. The lowest BCUT2D eigenvalue weighted by molar-refractivity contribution is -0.130. The van der Waals surface area contributed by atoms with E-state index in [0.717, 1.165) is 60.2 Å². The number of hydrogen-bond acceptors (Lipinski definition) is 8. The van der Waals surface area contributed by atoms with Crippen LogP contribution in [-0.4, -0.2) is 56.8 Å². The molecule has 1 amide bonds. The molecule has 1 fully saturated rings. The molecule has 0 aromatic carbocycles. The number of anilines is 2. The summed E-state index contributed by atoms with van der Waals surface area (Å²) >= 11 is 0. The Morgan fingerprint density at radius 1 is 1.17 bits per heavy atom. The zero-order chi connectivity index (χ0) is 24.8. The molecule has 0 spiro atoms. The van der Waals surface area contributed by atoms with Crippen LogP contribution in [0.4, 0.5) is 11.6 Å².